The molecule has 0 radical (unpaired) electrons. The van der Waals surface area contributed by atoms with Crippen molar-refractivity contribution in [1.82, 2.24) is 4.98 Å². The van der Waals surface area contributed by atoms with E-state index >= 15 is 0 Å². The number of esters is 1. The molecule has 3 rings (SSSR count). The molecule has 3 aromatic rings. The molecule has 1 amide bonds. The number of carbonyl (C=O) groups is 2. The van der Waals surface area contributed by atoms with Gasteiger partial charge in [0.2, 0.25) is 5.91 Å². The van der Waals surface area contributed by atoms with Gasteiger partial charge in [-0.15, -0.1) is 11.3 Å². The second-order valence-corrected chi connectivity index (χ2v) is 7.18. The Morgan fingerprint density at radius 2 is 1.89 bits per heavy atom. The first-order chi connectivity index (χ1) is 13.5. The number of amides is 1. The van der Waals surface area contributed by atoms with Crippen molar-refractivity contribution < 1.29 is 19.1 Å². The number of hydrogen-bond acceptors (Lipinski definition) is 6. The largest absolute Gasteiger partial charge is 0.487 e. The third kappa shape index (κ3) is 4.14. The van der Waals surface area contributed by atoms with E-state index in [1.54, 1.807) is 26.2 Å². The molecule has 2 aromatic heterocycles. The van der Waals surface area contributed by atoms with E-state index in [1.165, 1.54) is 11.3 Å². The zero-order valence-corrected chi connectivity index (χ0v) is 16.9. The summed E-state index contributed by atoms with van der Waals surface area (Å²) in [5.41, 5.74) is 2.32. The highest BCUT2D eigenvalue weighted by atomic mass is 32.1. The van der Waals surface area contributed by atoms with Crippen LogP contribution in [0.15, 0.2) is 36.7 Å². The topological polar surface area (TPSA) is 77.5 Å². The summed E-state index contributed by atoms with van der Waals surface area (Å²) < 4.78 is 12.1. The number of hydrogen-bond donors (Lipinski definition) is 1. The van der Waals surface area contributed by atoms with E-state index in [2.05, 4.69) is 10.3 Å². The molecular formula is C21H22N2O4S. The van der Waals surface area contributed by atoms with Gasteiger partial charge in [0.15, 0.2) is 0 Å². The molecule has 0 fully saturated rings. The Labute approximate surface area is 167 Å². The Kier molecular flexibility index (Phi) is 6.26. The summed E-state index contributed by atoms with van der Waals surface area (Å²) in [6.45, 7) is 6.11. The highest BCUT2D eigenvalue weighted by Gasteiger charge is 2.24. The van der Waals surface area contributed by atoms with Crippen molar-refractivity contribution in [1.29, 1.82) is 0 Å². The molecule has 146 valence electrons. The maximum atomic E-state index is 12.6. The Morgan fingerprint density at radius 3 is 2.57 bits per heavy atom. The second-order valence-electron chi connectivity index (χ2n) is 6.16. The van der Waals surface area contributed by atoms with Gasteiger partial charge in [-0.05, 0) is 37.1 Å². The second kappa shape index (κ2) is 8.84. The van der Waals surface area contributed by atoms with Crippen LogP contribution >= 0.6 is 11.3 Å². The van der Waals surface area contributed by atoms with Crippen LogP contribution in [-0.2, 0) is 16.1 Å². The van der Waals surface area contributed by atoms with Crippen molar-refractivity contribution in [3.8, 4) is 5.75 Å². The Bertz CT molecular complexity index is 999. The number of nitrogens with zero attached hydrogens (tertiary/aromatic N) is 1. The number of pyridine rings is 1. The number of fused-ring (bicyclic) bond motifs is 1. The Balaban J connectivity index is 2.06. The number of aryl methyl sites for hydroxylation is 1. The molecule has 0 aliphatic carbocycles. The summed E-state index contributed by atoms with van der Waals surface area (Å²) in [5, 5.41) is 4.02. The molecule has 0 spiro atoms. The fourth-order valence-corrected chi connectivity index (χ4v) is 4.01. The molecule has 0 atom stereocenters. The average molecular weight is 398 g/mol. The van der Waals surface area contributed by atoms with Crippen LogP contribution in [0.1, 0.15) is 41.8 Å². The molecule has 1 N–H and O–H groups in total. The van der Waals surface area contributed by atoms with Gasteiger partial charge in [0.05, 0.1) is 11.3 Å². The summed E-state index contributed by atoms with van der Waals surface area (Å²) in [7, 11) is 0. The molecule has 0 aliphatic rings. The van der Waals surface area contributed by atoms with E-state index in [9.17, 15) is 9.59 Å². The number of anilines is 1. The van der Waals surface area contributed by atoms with Crippen LogP contribution in [0.3, 0.4) is 0 Å². The van der Waals surface area contributed by atoms with E-state index in [1.807, 2.05) is 31.2 Å². The summed E-state index contributed by atoms with van der Waals surface area (Å²) in [6, 6.07) is 7.56. The maximum Gasteiger partial charge on any atom is 0.341 e. The minimum atomic E-state index is -0.455. The lowest BCUT2D eigenvalue weighted by atomic mass is 10.1. The van der Waals surface area contributed by atoms with Crippen molar-refractivity contribution in [2.45, 2.75) is 33.8 Å². The first-order valence-corrected chi connectivity index (χ1v) is 9.91. The highest BCUT2D eigenvalue weighted by molar-refractivity contribution is 7.24. The smallest absolute Gasteiger partial charge is 0.341 e. The lowest BCUT2D eigenvalue weighted by Crippen LogP contribution is -2.12. The van der Waals surface area contributed by atoms with Gasteiger partial charge >= 0.3 is 5.97 Å². The molecule has 0 aliphatic heterocycles. The molecule has 0 bridgehead atoms. The standard InChI is InChI=1S/C21H22N2O4S/c1-4-16(24)23-20-17(21(25)26-5-2)15-7-6-13(3)18(19(15)28-20)27-12-14-8-10-22-11-9-14/h6-11H,4-5,12H2,1-3H3,(H,23,24). The van der Waals surface area contributed by atoms with Crippen LogP contribution in [0.4, 0.5) is 5.00 Å². The lowest BCUT2D eigenvalue weighted by Gasteiger charge is -2.10. The fraction of sp³-hybridized carbons (Fsp3) is 0.286. The van der Waals surface area contributed by atoms with Gasteiger partial charge in [-0.25, -0.2) is 4.79 Å². The maximum absolute atomic E-state index is 12.6. The first kappa shape index (κ1) is 19.8. The predicted molar refractivity (Wildman–Crippen MR) is 110 cm³/mol. The molecule has 0 saturated carbocycles. The van der Waals surface area contributed by atoms with E-state index in [0.717, 1.165) is 15.8 Å². The van der Waals surface area contributed by atoms with Crippen LogP contribution in [0.2, 0.25) is 0 Å². The Hall–Kier alpha value is -2.93. The summed E-state index contributed by atoms with van der Waals surface area (Å²) in [5.74, 6) is 0.0824. The van der Waals surface area contributed by atoms with Crippen LogP contribution in [0.25, 0.3) is 10.1 Å². The zero-order chi connectivity index (χ0) is 20.1. The predicted octanol–water partition coefficient (Wildman–Crippen LogP) is 4.71. The van der Waals surface area contributed by atoms with Crippen molar-refractivity contribution in [3.63, 3.8) is 0 Å². The molecule has 0 saturated heterocycles. The van der Waals surface area contributed by atoms with Crippen LogP contribution in [-0.4, -0.2) is 23.5 Å². The summed E-state index contributed by atoms with van der Waals surface area (Å²) in [6.07, 6.45) is 3.75. The third-order valence-electron chi connectivity index (χ3n) is 4.20. The van der Waals surface area contributed by atoms with Crippen molar-refractivity contribution >= 4 is 38.3 Å². The van der Waals surface area contributed by atoms with Gasteiger partial charge < -0.3 is 14.8 Å². The highest BCUT2D eigenvalue weighted by Crippen LogP contribution is 2.43. The molecule has 7 heteroatoms. The van der Waals surface area contributed by atoms with E-state index in [4.69, 9.17) is 9.47 Å². The zero-order valence-electron chi connectivity index (χ0n) is 16.1. The average Bonchev–Trinajstić information content (AvgIpc) is 3.06. The van der Waals surface area contributed by atoms with Gasteiger partial charge in [-0.2, -0.15) is 0 Å². The third-order valence-corrected chi connectivity index (χ3v) is 5.32. The molecular weight excluding hydrogens is 376 g/mol. The van der Waals surface area contributed by atoms with Gasteiger partial charge in [-0.3, -0.25) is 9.78 Å². The molecule has 1 aromatic carbocycles. The minimum Gasteiger partial charge on any atom is -0.487 e. The van der Waals surface area contributed by atoms with Crippen LogP contribution < -0.4 is 10.1 Å². The molecule has 2 heterocycles. The van der Waals surface area contributed by atoms with Crippen molar-refractivity contribution in [3.05, 3.63) is 53.3 Å². The quantitative estimate of drug-likeness (QED) is 0.583. The molecule has 6 nitrogen and oxygen atoms in total. The van der Waals surface area contributed by atoms with Gasteiger partial charge in [0, 0.05) is 24.2 Å². The number of rotatable bonds is 7. The van der Waals surface area contributed by atoms with Crippen LogP contribution in [0, 0.1) is 6.92 Å². The number of thiophene rings is 1. The summed E-state index contributed by atoms with van der Waals surface area (Å²) >= 11 is 1.33. The molecule has 28 heavy (non-hydrogen) atoms. The van der Waals surface area contributed by atoms with E-state index in [0.29, 0.717) is 34.7 Å². The van der Waals surface area contributed by atoms with Crippen molar-refractivity contribution in [2.24, 2.45) is 0 Å². The van der Waals surface area contributed by atoms with E-state index in [-0.39, 0.29) is 12.5 Å². The SMILES string of the molecule is CCOC(=O)c1c(NC(=O)CC)sc2c(OCc3ccncc3)c(C)ccc12. The normalized spacial score (nSPS) is 10.7. The number of nitrogens with one attached hydrogen (secondary N) is 1. The molecule has 0 unspecified atom stereocenters. The lowest BCUT2D eigenvalue weighted by molar-refractivity contribution is -0.115. The van der Waals surface area contributed by atoms with Gasteiger partial charge in [-0.1, -0.05) is 19.1 Å². The van der Waals surface area contributed by atoms with Gasteiger partial charge in [0.25, 0.3) is 0 Å². The number of aromatic nitrogens is 1. The monoisotopic (exact) mass is 398 g/mol. The van der Waals surface area contributed by atoms with Gasteiger partial charge in [0.1, 0.15) is 22.9 Å². The van der Waals surface area contributed by atoms with Crippen LogP contribution in [0.5, 0.6) is 5.75 Å². The number of ether oxygens (including phenoxy) is 2. The minimum absolute atomic E-state index is 0.159. The first-order valence-electron chi connectivity index (χ1n) is 9.09. The van der Waals surface area contributed by atoms with E-state index < -0.39 is 5.97 Å². The Morgan fingerprint density at radius 1 is 1.14 bits per heavy atom. The van der Waals surface area contributed by atoms with Crippen molar-refractivity contribution in [2.75, 3.05) is 11.9 Å². The fourth-order valence-electron chi connectivity index (χ4n) is 2.76. The summed E-state index contributed by atoms with van der Waals surface area (Å²) in [4.78, 5) is 28.5. The number of carbonyl (C=O) groups excluding carboxylic acids is 2. The number of benzene rings is 1.